The maximum atomic E-state index is 12.7. The highest BCUT2D eigenvalue weighted by Gasteiger charge is 2.29. The molecule has 1 N–H and O–H groups in total. The summed E-state index contributed by atoms with van der Waals surface area (Å²) in [6.07, 6.45) is 0. The Morgan fingerprint density at radius 2 is 1.95 bits per heavy atom. The van der Waals surface area contributed by atoms with E-state index in [2.05, 4.69) is 5.32 Å². The van der Waals surface area contributed by atoms with Crippen molar-refractivity contribution in [2.45, 2.75) is 18.4 Å². The van der Waals surface area contributed by atoms with Gasteiger partial charge in [-0.15, -0.1) is 0 Å². The average molecular weight is 316 g/mol. The van der Waals surface area contributed by atoms with Crippen LogP contribution in [0, 0.1) is 6.92 Å². The molecule has 1 aliphatic rings. The van der Waals surface area contributed by atoms with Gasteiger partial charge in [0.15, 0.2) is 0 Å². The normalized spacial score (nSPS) is 18.3. The Morgan fingerprint density at radius 3 is 2.55 bits per heavy atom. The van der Waals surface area contributed by atoms with Crippen LogP contribution in [-0.4, -0.2) is 48.6 Å². The number of benzene rings is 1. The lowest BCUT2D eigenvalue weighted by Crippen LogP contribution is -2.42. The number of sulfonamides is 1. The van der Waals surface area contributed by atoms with Gasteiger partial charge in [-0.2, -0.15) is 4.31 Å². The van der Waals surface area contributed by atoms with Crippen molar-refractivity contribution >= 4 is 20.8 Å². The van der Waals surface area contributed by atoms with E-state index in [9.17, 15) is 12.6 Å². The predicted octanol–water partition coefficient (Wildman–Crippen LogP) is 0.467. The zero-order valence-electron chi connectivity index (χ0n) is 11.8. The monoisotopic (exact) mass is 316 g/mol. The van der Waals surface area contributed by atoms with E-state index in [0.29, 0.717) is 36.0 Å². The van der Waals surface area contributed by atoms with Crippen LogP contribution in [0.5, 0.6) is 0 Å². The van der Waals surface area contributed by atoms with E-state index >= 15 is 0 Å². The molecule has 20 heavy (non-hydrogen) atoms. The van der Waals surface area contributed by atoms with Crippen LogP contribution in [0.1, 0.15) is 11.1 Å². The van der Waals surface area contributed by atoms with Gasteiger partial charge in [0.2, 0.25) is 10.0 Å². The Labute approximate surface area is 122 Å². The molecule has 1 fully saturated rings. The van der Waals surface area contributed by atoms with Crippen molar-refractivity contribution in [3.63, 3.8) is 0 Å². The number of hydrogen-bond acceptors (Lipinski definition) is 4. The van der Waals surface area contributed by atoms with E-state index in [0.717, 1.165) is 11.1 Å². The molecule has 0 aliphatic carbocycles. The summed E-state index contributed by atoms with van der Waals surface area (Å²) in [5.41, 5.74) is 1.77. The fourth-order valence-corrected chi connectivity index (χ4v) is 5.32. The fourth-order valence-electron chi connectivity index (χ4n) is 2.32. The molecule has 1 saturated heterocycles. The van der Waals surface area contributed by atoms with Crippen LogP contribution in [-0.2, 0) is 27.4 Å². The third-order valence-electron chi connectivity index (χ3n) is 3.52. The van der Waals surface area contributed by atoms with Gasteiger partial charge in [-0.25, -0.2) is 8.42 Å². The molecule has 2 rings (SSSR count). The number of nitrogens with one attached hydrogen (secondary N) is 1. The van der Waals surface area contributed by atoms with E-state index in [-0.39, 0.29) is 0 Å². The van der Waals surface area contributed by atoms with Crippen molar-refractivity contribution < 1.29 is 12.6 Å². The Hall–Kier alpha value is -0.760. The van der Waals surface area contributed by atoms with Crippen LogP contribution < -0.4 is 5.32 Å². The molecule has 7 heteroatoms. The van der Waals surface area contributed by atoms with E-state index in [1.54, 1.807) is 12.1 Å². The first-order valence-corrected chi connectivity index (χ1v) is 9.48. The summed E-state index contributed by atoms with van der Waals surface area (Å²) in [5, 5.41) is 3.04. The second-order valence-corrected chi connectivity index (χ2v) is 8.43. The predicted molar refractivity (Wildman–Crippen MR) is 80.6 cm³/mol. The largest absolute Gasteiger partial charge is 0.316 e. The van der Waals surface area contributed by atoms with Crippen LogP contribution in [0.15, 0.2) is 23.1 Å². The van der Waals surface area contributed by atoms with Gasteiger partial charge >= 0.3 is 0 Å². The maximum Gasteiger partial charge on any atom is 0.243 e. The van der Waals surface area contributed by atoms with Crippen molar-refractivity contribution in [1.29, 1.82) is 0 Å². The summed E-state index contributed by atoms with van der Waals surface area (Å²) in [6, 6.07) is 5.35. The Balaban J connectivity index is 2.34. The second-order valence-electron chi connectivity index (χ2n) is 4.82. The highest BCUT2D eigenvalue weighted by atomic mass is 32.2. The Bertz CT molecular complexity index is 604. The molecule has 5 nitrogen and oxygen atoms in total. The van der Waals surface area contributed by atoms with E-state index in [4.69, 9.17) is 0 Å². The number of rotatable bonds is 4. The lowest BCUT2D eigenvalue weighted by atomic mass is 10.1. The molecule has 0 unspecified atom stereocenters. The third-order valence-corrected chi connectivity index (χ3v) is 6.84. The van der Waals surface area contributed by atoms with Crippen molar-refractivity contribution in [3.8, 4) is 0 Å². The lowest BCUT2D eigenvalue weighted by molar-refractivity contribution is 0.438. The van der Waals surface area contributed by atoms with Gasteiger partial charge in [-0.3, -0.25) is 4.21 Å². The average Bonchev–Trinajstić information content (AvgIpc) is 2.41. The standard InChI is InChI=1S/C13H20N2O3S2/c1-11-12(10-14-2)4-3-5-13(11)20(17,18)15-6-8-19(16)9-7-15/h3-5,14H,6-10H2,1-2H3. The van der Waals surface area contributed by atoms with Crippen molar-refractivity contribution in [2.24, 2.45) is 0 Å². The molecule has 0 amide bonds. The highest BCUT2D eigenvalue weighted by molar-refractivity contribution is 7.89. The van der Waals surface area contributed by atoms with Gasteiger partial charge in [0, 0.05) is 41.9 Å². The quantitative estimate of drug-likeness (QED) is 0.877. The van der Waals surface area contributed by atoms with Crippen molar-refractivity contribution in [1.82, 2.24) is 9.62 Å². The molecule has 0 spiro atoms. The molecule has 0 radical (unpaired) electrons. The van der Waals surface area contributed by atoms with E-state index < -0.39 is 20.8 Å². The first-order chi connectivity index (χ1) is 9.46. The molecular formula is C13H20N2O3S2. The number of hydrogen-bond donors (Lipinski definition) is 1. The minimum atomic E-state index is -3.49. The van der Waals surface area contributed by atoms with Gasteiger partial charge in [0.1, 0.15) is 0 Å². The molecule has 1 aliphatic heterocycles. The van der Waals surface area contributed by atoms with E-state index in [1.807, 2.05) is 20.0 Å². The Morgan fingerprint density at radius 1 is 1.30 bits per heavy atom. The summed E-state index contributed by atoms with van der Waals surface area (Å²) in [5.74, 6) is 0.850. The molecular weight excluding hydrogens is 296 g/mol. The molecule has 1 aromatic rings. The van der Waals surface area contributed by atoms with Gasteiger partial charge in [-0.05, 0) is 31.2 Å². The van der Waals surface area contributed by atoms with Crippen LogP contribution in [0.4, 0.5) is 0 Å². The zero-order chi connectivity index (χ0) is 14.8. The summed E-state index contributed by atoms with van der Waals surface area (Å²) in [6.45, 7) is 3.15. The molecule has 0 saturated carbocycles. The highest BCUT2D eigenvalue weighted by Crippen LogP contribution is 2.23. The zero-order valence-corrected chi connectivity index (χ0v) is 13.4. The van der Waals surface area contributed by atoms with Crippen molar-refractivity contribution in [2.75, 3.05) is 31.6 Å². The smallest absolute Gasteiger partial charge is 0.243 e. The fraction of sp³-hybridized carbons (Fsp3) is 0.538. The van der Waals surface area contributed by atoms with Crippen LogP contribution in [0.2, 0.25) is 0 Å². The van der Waals surface area contributed by atoms with Crippen LogP contribution in [0.25, 0.3) is 0 Å². The summed E-state index contributed by atoms with van der Waals surface area (Å²) in [7, 11) is -2.53. The van der Waals surface area contributed by atoms with Gasteiger partial charge < -0.3 is 5.32 Å². The number of nitrogens with zero attached hydrogens (tertiary/aromatic N) is 1. The lowest BCUT2D eigenvalue weighted by Gasteiger charge is -2.26. The summed E-state index contributed by atoms with van der Waals surface area (Å²) in [4.78, 5) is 0.359. The van der Waals surface area contributed by atoms with Crippen molar-refractivity contribution in [3.05, 3.63) is 29.3 Å². The van der Waals surface area contributed by atoms with Crippen LogP contribution in [0.3, 0.4) is 0 Å². The Kier molecular flexibility index (Phi) is 4.95. The minimum absolute atomic E-state index is 0.338. The van der Waals surface area contributed by atoms with E-state index in [1.165, 1.54) is 4.31 Å². The third kappa shape index (κ3) is 3.11. The van der Waals surface area contributed by atoms with Gasteiger partial charge in [0.25, 0.3) is 0 Å². The molecule has 0 aromatic heterocycles. The minimum Gasteiger partial charge on any atom is -0.316 e. The van der Waals surface area contributed by atoms with Gasteiger partial charge in [-0.1, -0.05) is 12.1 Å². The van der Waals surface area contributed by atoms with Gasteiger partial charge in [0.05, 0.1) is 4.90 Å². The second kappa shape index (κ2) is 6.34. The summed E-state index contributed by atoms with van der Waals surface area (Å²) < 4.78 is 38.2. The maximum absolute atomic E-state index is 12.7. The first-order valence-electron chi connectivity index (χ1n) is 6.55. The SMILES string of the molecule is CNCc1cccc(S(=O)(=O)N2CCS(=O)CC2)c1C. The molecule has 112 valence electrons. The molecule has 0 atom stereocenters. The topological polar surface area (TPSA) is 66.5 Å². The van der Waals surface area contributed by atoms with Crippen LogP contribution >= 0.6 is 0 Å². The molecule has 0 bridgehead atoms. The molecule has 1 heterocycles. The summed E-state index contributed by atoms with van der Waals surface area (Å²) >= 11 is 0. The first kappa shape index (κ1) is 15.6. The molecule has 1 aromatic carbocycles.